The van der Waals surface area contributed by atoms with Crippen molar-refractivity contribution in [2.75, 3.05) is 25.6 Å². The molecule has 2 aromatic carbocycles. The first-order valence-corrected chi connectivity index (χ1v) is 8.16. The van der Waals surface area contributed by atoms with Gasteiger partial charge in [0.05, 0.1) is 20.3 Å². The van der Waals surface area contributed by atoms with Crippen LogP contribution >= 0.6 is 0 Å². The van der Waals surface area contributed by atoms with Crippen molar-refractivity contribution in [3.63, 3.8) is 0 Å². The van der Waals surface area contributed by atoms with E-state index in [-0.39, 0.29) is 12.6 Å². The fourth-order valence-corrected chi connectivity index (χ4v) is 2.20. The zero-order chi connectivity index (χ0) is 17.9. The van der Waals surface area contributed by atoms with Crippen LogP contribution in [-0.2, 0) is 18.0 Å². The molecule has 0 radical (unpaired) electrons. The number of rotatable bonds is 9. The molecular weight excluding hydrogens is 320 g/mol. The Labute approximate surface area is 147 Å². The highest BCUT2D eigenvalue weighted by atomic mass is 16.5. The standard InChI is InChI=1S/C19H24N2O4/c1-24-18-8-6-15(7-9-18)13-25-14-16-4-2-5-17(12-16)21-19(23)20-10-3-11-22/h2,4-9,12,22H,3,10-11,13-14H2,1H3,(H2,20,21,23). The number of nitrogens with one attached hydrogen (secondary N) is 2. The molecule has 0 aliphatic heterocycles. The van der Waals surface area contributed by atoms with Crippen molar-refractivity contribution in [2.24, 2.45) is 0 Å². The Hall–Kier alpha value is -2.57. The number of aliphatic hydroxyl groups is 1. The van der Waals surface area contributed by atoms with Crippen molar-refractivity contribution >= 4 is 11.7 Å². The third kappa shape index (κ3) is 6.82. The van der Waals surface area contributed by atoms with Gasteiger partial charge in [-0.1, -0.05) is 24.3 Å². The zero-order valence-electron chi connectivity index (χ0n) is 14.3. The van der Waals surface area contributed by atoms with Crippen LogP contribution in [0.4, 0.5) is 10.5 Å². The maximum atomic E-state index is 11.7. The molecule has 0 aromatic heterocycles. The lowest BCUT2D eigenvalue weighted by atomic mass is 10.2. The Morgan fingerprint density at radius 3 is 2.56 bits per heavy atom. The van der Waals surface area contributed by atoms with Crippen LogP contribution in [0.15, 0.2) is 48.5 Å². The summed E-state index contributed by atoms with van der Waals surface area (Å²) in [6.07, 6.45) is 0.534. The van der Waals surface area contributed by atoms with Crippen LogP contribution in [0.5, 0.6) is 5.75 Å². The molecule has 0 saturated heterocycles. The van der Waals surface area contributed by atoms with Crippen molar-refractivity contribution in [3.8, 4) is 5.75 Å². The Bertz CT molecular complexity index is 659. The van der Waals surface area contributed by atoms with Gasteiger partial charge < -0.3 is 25.2 Å². The molecule has 0 unspecified atom stereocenters. The summed E-state index contributed by atoms with van der Waals surface area (Å²) in [5, 5.41) is 14.1. The van der Waals surface area contributed by atoms with Gasteiger partial charge in [-0.25, -0.2) is 4.79 Å². The second-order valence-electron chi connectivity index (χ2n) is 5.50. The van der Waals surface area contributed by atoms with Gasteiger partial charge in [-0.2, -0.15) is 0 Å². The van der Waals surface area contributed by atoms with E-state index >= 15 is 0 Å². The number of anilines is 1. The minimum Gasteiger partial charge on any atom is -0.497 e. The van der Waals surface area contributed by atoms with Gasteiger partial charge in [0.15, 0.2) is 0 Å². The molecule has 2 rings (SSSR count). The van der Waals surface area contributed by atoms with Crippen molar-refractivity contribution in [3.05, 3.63) is 59.7 Å². The Balaban J connectivity index is 1.79. The predicted molar refractivity (Wildman–Crippen MR) is 96.7 cm³/mol. The highest BCUT2D eigenvalue weighted by Gasteiger charge is 2.02. The minimum absolute atomic E-state index is 0.0568. The second kappa shape index (κ2) is 10.3. The average molecular weight is 344 g/mol. The summed E-state index contributed by atoms with van der Waals surface area (Å²) in [5.41, 5.74) is 2.74. The molecule has 6 nitrogen and oxygen atoms in total. The van der Waals surface area contributed by atoms with Crippen LogP contribution in [0.2, 0.25) is 0 Å². The van der Waals surface area contributed by atoms with Gasteiger partial charge in [-0.3, -0.25) is 0 Å². The monoisotopic (exact) mass is 344 g/mol. The summed E-state index contributed by atoms with van der Waals surface area (Å²) >= 11 is 0. The van der Waals surface area contributed by atoms with Gasteiger partial charge in [-0.15, -0.1) is 0 Å². The maximum Gasteiger partial charge on any atom is 0.319 e. The first-order valence-electron chi connectivity index (χ1n) is 8.16. The summed E-state index contributed by atoms with van der Waals surface area (Å²) in [6.45, 7) is 1.45. The van der Waals surface area contributed by atoms with Gasteiger partial charge in [0, 0.05) is 18.8 Å². The largest absolute Gasteiger partial charge is 0.497 e. The molecule has 0 saturated carbocycles. The molecule has 0 atom stereocenters. The lowest BCUT2D eigenvalue weighted by Crippen LogP contribution is -2.29. The summed E-state index contributed by atoms with van der Waals surface area (Å²) in [6, 6.07) is 15.0. The van der Waals surface area contributed by atoms with Crippen LogP contribution in [0, 0.1) is 0 Å². The van der Waals surface area contributed by atoms with E-state index < -0.39 is 0 Å². The van der Waals surface area contributed by atoms with Crippen molar-refractivity contribution in [1.82, 2.24) is 5.32 Å². The van der Waals surface area contributed by atoms with E-state index in [1.54, 1.807) is 7.11 Å². The number of hydrogen-bond donors (Lipinski definition) is 3. The SMILES string of the molecule is COc1ccc(COCc2cccc(NC(=O)NCCCO)c2)cc1. The van der Waals surface area contributed by atoms with Crippen molar-refractivity contribution in [2.45, 2.75) is 19.6 Å². The number of methoxy groups -OCH3 is 1. The van der Waals surface area contributed by atoms with Gasteiger partial charge in [-0.05, 0) is 41.8 Å². The Morgan fingerprint density at radius 2 is 1.84 bits per heavy atom. The average Bonchev–Trinajstić information content (AvgIpc) is 2.63. The quantitative estimate of drug-likeness (QED) is 0.611. The molecule has 0 aliphatic rings. The molecule has 0 heterocycles. The number of carbonyl (C=O) groups is 1. The van der Waals surface area contributed by atoms with Crippen molar-refractivity contribution < 1.29 is 19.4 Å². The fourth-order valence-electron chi connectivity index (χ4n) is 2.20. The molecule has 0 spiro atoms. The first kappa shape index (κ1) is 18.8. The number of aliphatic hydroxyl groups excluding tert-OH is 1. The number of urea groups is 1. The van der Waals surface area contributed by atoms with E-state index in [2.05, 4.69) is 10.6 Å². The number of ether oxygens (including phenoxy) is 2. The molecule has 2 amide bonds. The first-order chi connectivity index (χ1) is 12.2. The van der Waals surface area contributed by atoms with Gasteiger partial charge >= 0.3 is 6.03 Å². The molecule has 134 valence electrons. The van der Waals surface area contributed by atoms with E-state index in [9.17, 15) is 4.79 Å². The lowest BCUT2D eigenvalue weighted by Gasteiger charge is -2.09. The van der Waals surface area contributed by atoms with Crippen LogP contribution < -0.4 is 15.4 Å². The third-order valence-corrected chi connectivity index (χ3v) is 3.50. The van der Waals surface area contributed by atoms with Crippen LogP contribution in [-0.4, -0.2) is 31.4 Å². The smallest absolute Gasteiger partial charge is 0.319 e. The molecule has 0 aliphatic carbocycles. The topological polar surface area (TPSA) is 79.8 Å². The summed E-state index contributed by atoms with van der Waals surface area (Å²) < 4.78 is 10.8. The van der Waals surface area contributed by atoms with Gasteiger partial charge in [0.1, 0.15) is 5.75 Å². The third-order valence-electron chi connectivity index (χ3n) is 3.50. The van der Waals surface area contributed by atoms with Crippen molar-refractivity contribution in [1.29, 1.82) is 0 Å². The number of hydrogen-bond acceptors (Lipinski definition) is 4. The number of amides is 2. The molecule has 25 heavy (non-hydrogen) atoms. The Kier molecular flexibility index (Phi) is 7.75. The molecule has 2 aromatic rings. The molecule has 0 bridgehead atoms. The number of benzene rings is 2. The molecular formula is C19H24N2O4. The van der Waals surface area contributed by atoms with E-state index in [1.165, 1.54) is 0 Å². The van der Waals surface area contributed by atoms with Crippen LogP contribution in [0.1, 0.15) is 17.5 Å². The van der Waals surface area contributed by atoms with Crippen LogP contribution in [0.25, 0.3) is 0 Å². The Morgan fingerprint density at radius 1 is 1.08 bits per heavy atom. The van der Waals surface area contributed by atoms with E-state index in [0.717, 1.165) is 16.9 Å². The van der Waals surface area contributed by atoms with Gasteiger partial charge in [0.2, 0.25) is 0 Å². The highest BCUT2D eigenvalue weighted by Crippen LogP contribution is 2.14. The van der Waals surface area contributed by atoms with E-state index in [1.807, 2.05) is 48.5 Å². The second-order valence-corrected chi connectivity index (χ2v) is 5.50. The molecule has 3 N–H and O–H groups in total. The normalized spacial score (nSPS) is 10.3. The van der Waals surface area contributed by atoms with E-state index in [0.29, 0.717) is 31.9 Å². The molecule has 6 heteroatoms. The zero-order valence-corrected chi connectivity index (χ0v) is 14.3. The molecule has 0 fully saturated rings. The summed E-state index contributed by atoms with van der Waals surface area (Å²) in [5.74, 6) is 0.819. The summed E-state index contributed by atoms with van der Waals surface area (Å²) in [4.78, 5) is 11.7. The fraction of sp³-hybridized carbons (Fsp3) is 0.316. The maximum absolute atomic E-state index is 11.7. The van der Waals surface area contributed by atoms with Gasteiger partial charge in [0.25, 0.3) is 0 Å². The highest BCUT2D eigenvalue weighted by molar-refractivity contribution is 5.89. The lowest BCUT2D eigenvalue weighted by molar-refractivity contribution is 0.107. The van der Waals surface area contributed by atoms with Crippen LogP contribution in [0.3, 0.4) is 0 Å². The minimum atomic E-state index is -0.287. The predicted octanol–water partition coefficient (Wildman–Crippen LogP) is 2.92. The summed E-state index contributed by atoms with van der Waals surface area (Å²) in [7, 11) is 1.64. The van der Waals surface area contributed by atoms with E-state index in [4.69, 9.17) is 14.6 Å². The number of carbonyl (C=O) groups excluding carboxylic acids is 1.